The highest BCUT2D eigenvalue weighted by molar-refractivity contribution is 9.12. The van der Waals surface area contributed by atoms with Gasteiger partial charge in [0.25, 0.3) is 5.91 Å². The van der Waals surface area contributed by atoms with Crippen LogP contribution in [0.15, 0.2) is 25.8 Å². The number of anilines is 1. The van der Waals surface area contributed by atoms with Crippen LogP contribution in [0.3, 0.4) is 0 Å². The molecular weight excluding hydrogens is 411 g/mol. The van der Waals surface area contributed by atoms with E-state index in [9.17, 15) is 18.0 Å². The second-order valence-electron chi connectivity index (χ2n) is 3.44. The molecule has 0 spiro atoms. The summed E-state index contributed by atoms with van der Waals surface area (Å²) < 4.78 is 40.7. The minimum Gasteiger partial charge on any atom is -0.317 e. The summed E-state index contributed by atoms with van der Waals surface area (Å²) in [5, 5.41) is 2.08. The number of carbonyl (C=O) groups excluding carboxylic acids is 1. The highest BCUT2D eigenvalue weighted by atomic mass is 79.9. The number of rotatable bonds is 2. The molecule has 0 fully saturated rings. The summed E-state index contributed by atoms with van der Waals surface area (Å²) in [6.07, 6.45) is 0. The highest BCUT2D eigenvalue weighted by Gasteiger charge is 2.18. The van der Waals surface area contributed by atoms with Gasteiger partial charge in [0, 0.05) is 12.1 Å². The molecule has 2 aromatic rings. The van der Waals surface area contributed by atoms with Crippen LogP contribution in [0.4, 0.5) is 18.9 Å². The molecule has 0 aliphatic carbocycles. The first-order valence-corrected chi connectivity index (χ1v) is 7.19. The van der Waals surface area contributed by atoms with Crippen molar-refractivity contribution in [1.82, 2.24) is 0 Å². The smallest absolute Gasteiger partial charge is 0.257 e. The molecule has 0 unspecified atom stereocenters. The van der Waals surface area contributed by atoms with Crippen LogP contribution >= 0.6 is 43.2 Å². The fourth-order valence-corrected chi connectivity index (χ4v) is 4.13. The lowest BCUT2D eigenvalue weighted by atomic mass is 10.2. The predicted octanol–water partition coefficient (Wildman–Crippen LogP) is 4.94. The number of benzene rings is 1. The Labute approximate surface area is 126 Å². The first-order chi connectivity index (χ1) is 8.88. The molecule has 1 N–H and O–H groups in total. The summed E-state index contributed by atoms with van der Waals surface area (Å²) in [7, 11) is 0. The van der Waals surface area contributed by atoms with Gasteiger partial charge in [0.2, 0.25) is 0 Å². The van der Waals surface area contributed by atoms with Crippen LogP contribution in [0.1, 0.15) is 10.4 Å². The Kier molecular flexibility index (Phi) is 4.32. The molecule has 1 aromatic carbocycles. The van der Waals surface area contributed by atoms with Gasteiger partial charge in [-0.25, -0.2) is 13.2 Å². The Morgan fingerprint density at radius 2 is 1.68 bits per heavy atom. The zero-order valence-electron chi connectivity index (χ0n) is 8.94. The maximum Gasteiger partial charge on any atom is 0.257 e. The number of amides is 1. The monoisotopic (exact) mass is 413 g/mol. The van der Waals surface area contributed by atoms with Gasteiger partial charge in [0.05, 0.1) is 13.1 Å². The Morgan fingerprint density at radius 1 is 1.11 bits per heavy atom. The van der Waals surface area contributed by atoms with Gasteiger partial charge in [0.1, 0.15) is 11.5 Å². The highest BCUT2D eigenvalue weighted by Crippen LogP contribution is 2.32. The Hall–Kier alpha value is -0.860. The quantitative estimate of drug-likeness (QED) is 0.740. The molecular formula is C11H4Br2F3NOS. The van der Waals surface area contributed by atoms with Crippen molar-refractivity contribution in [1.29, 1.82) is 0 Å². The first kappa shape index (κ1) is 14.5. The number of hydrogen-bond acceptors (Lipinski definition) is 2. The van der Waals surface area contributed by atoms with Gasteiger partial charge in [-0.1, -0.05) is 0 Å². The molecule has 0 aliphatic heterocycles. The fraction of sp³-hybridized carbons (Fsp3) is 0. The van der Waals surface area contributed by atoms with Crippen molar-refractivity contribution in [2.75, 3.05) is 5.32 Å². The number of carbonyl (C=O) groups is 1. The summed E-state index contributed by atoms with van der Waals surface area (Å²) in [5.41, 5.74) is -0.458. The van der Waals surface area contributed by atoms with E-state index in [1.54, 1.807) is 0 Å². The predicted molar refractivity (Wildman–Crippen MR) is 74.0 cm³/mol. The summed E-state index contributed by atoms with van der Waals surface area (Å²) in [6, 6.07) is 2.50. The van der Waals surface area contributed by atoms with E-state index in [1.165, 1.54) is 17.4 Å². The molecule has 0 saturated heterocycles. The molecule has 2 nitrogen and oxygen atoms in total. The van der Waals surface area contributed by atoms with Gasteiger partial charge < -0.3 is 5.32 Å². The molecule has 1 amide bonds. The zero-order valence-corrected chi connectivity index (χ0v) is 12.9. The van der Waals surface area contributed by atoms with Crippen molar-refractivity contribution in [3.05, 3.63) is 48.8 Å². The van der Waals surface area contributed by atoms with Crippen molar-refractivity contribution in [2.45, 2.75) is 0 Å². The molecule has 0 radical (unpaired) electrons. The van der Waals surface area contributed by atoms with Crippen molar-refractivity contribution in [2.24, 2.45) is 0 Å². The van der Waals surface area contributed by atoms with Crippen molar-refractivity contribution >= 4 is 54.8 Å². The Morgan fingerprint density at radius 3 is 2.16 bits per heavy atom. The molecule has 8 heteroatoms. The Bertz CT molecular complexity index is 636. The van der Waals surface area contributed by atoms with E-state index in [0.29, 0.717) is 19.7 Å². The van der Waals surface area contributed by atoms with E-state index in [4.69, 9.17) is 0 Å². The van der Waals surface area contributed by atoms with Crippen LogP contribution < -0.4 is 5.32 Å². The minimum atomic E-state index is -1.17. The molecule has 1 heterocycles. The van der Waals surface area contributed by atoms with Crippen LogP contribution in [0.2, 0.25) is 0 Å². The van der Waals surface area contributed by atoms with E-state index in [0.717, 1.165) is 0 Å². The molecule has 0 atom stereocenters. The number of nitrogens with one attached hydrogen (secondary N) is 1. The lowest BCUT2D eigenvalue weighted by Gasteiger charge is -2.07. The van der Waals surface area contributed by atoms with Crippen LogP contribution in [-0.4, -0.2) is 5.91 Å². The number of thiophene rings is 1. The molecule has 2 rings (SSSR count). The third-order valence-electron chi connectivity index (χ3n) is 2.15. The van der Waals surface area contributed by atoms with Crippen LogP contribution in [0.5, 0.6) is 0 Å². The summed E-state index contributed by atoms with van der Waals surface area (Å²) >= 11 is 7.59. The maximum absolute atomic E-state index is 13.4. The molecule has 0 saturated carbocycles. The minimum absolute atomic E-state index is 0.222. The number of hydrogen-bond donors (Lipinski definition) is 1. The molecule has 19 heavy (non-hydrogen) atoms. The lowest BCUT2D eigenvalue weighted by Crippen LogP contribution is -2.14. The summed E-state index contributed by atoms with van der Waals surface area (Å²) in [4.78, 5) is 11.9. The molecule has 1 aromatic heterocycles. The van der Waals surface area contributed by atoms with Gasteiger partial charge in [-0.05, 0) is 37.9 Å². The van der Waals surface area contributed by atoms with Crippen LogP contribution in [-0.2, 0) is 0 Å². The maximum atomic E-state index is 13.4. The second kappa shape index (κ2) is 5.64. The van der Waals surface area contributed by atoms with Crippen LogP contribution in [0, 0.1) is 17.5 Å². The Balaban J connectivity index is 2.32. The third-order valence-corrected chi connectivity index (χ3v) is 4.49. The van der Waals surface area contributed by atoms with E-state index in [1.807, 2.05) is 0 Å². The van der Waals surface area contributed by atoms with Gasteiger partial charge in [-0.15, -0.1) is 11.3 Å². The first-order valence-electron chi connectivity index (χ1n) is 4.79. The van der Waals surface area contributed by atoms with Gasteiger partial charge in [0.15, 0.2) is 11.6 Å². The van der Waals surface area contributed by atoms with E-state index >= 15 is 0 Å². The van der Waals surface area contributed by atoms with E-state index < -0.39 is 29.0 Å². The lowest BCUT2D eigenvalue weighted by molar-refractivity contribution is 0.102. The van der Waals surface area contributed by atoms with Crippen molar-refractivity contribution in [3.63, 3.8) is 0 Å². The van der Waals surface area contributed by atoms with Gasteiger partial charge >= 0.3 is 0 Å². The average molecular weight is 415 g/mol. The summed E-state index contributed by atoms with van der Waals surface area (Å²) in [5.74, 6) is -4.08. The topological polar surface area (TPSA) is 29.1 Å². The standard InChI is InChI=1S/C11H4Br2F3NOS/c12-8-3-5(10(13)19-8)11(18)17-9-6(15)1-4(14)2-7(9)16/h1-3H,(H,17,18). The van der Waals surface area contributed by atoms with Crippen molar-refractivity contribution in [3.8, 4) is 0 Å². The normalized spacial score (nSPS) is 10.6. The van der Waals surface area contributed by atoms with E-state index in [-0.39, 0.29) is 5.56 Å². The largest absolute Gasteiger partial charge is 0.317 e. The number of halogens is 5. The summed E-state index contributed by atoms with van der Waals surface area (Å²) in [6.45, 7) is 0. The van der Waals surface area contributed by atoms with Crippen molar-refractivity contribution < 1.29 is 18.0 Å². The van der Waals surface area contributed by atoms with Gasteiger partial charge in [-0.2, -0.15) is 0 Å². The van der Waals surface area contributed by atoms with Gasteiger partial charge in [-0.3, -0.25) is 4.79 Å². The fourth-order valence-electron chi connectivity index (χ4n) is 1.34. The SMILES string of the molecule is O=C(Nc1c(F)cc(F)cc1F)c1cc(Br)sc1Br. The molecule has 0 aliphatic rings. The average Bonchev–Trinajstić information content (AvgIpc) is 2.62. The molecule has 100 valence electrons. The second-order valence-corrected chi connectivity index (χ2v) is 7.19. The third kappa shape index (κ3) is 3.18. The van der Waals surface area contributed by atoms with E-state index in [2.05, 4.69) is 37.2 Å². The van der Waals surface area contributed by atoms with Crippen LogP contribution in [0.25, 0.3) is 0 Å². The zero-order chi connectivity index (χ0) is 14.2. The molecule has 0 bridgehead atoms.